The highest BCUT2D eigenvalue weighted by Crippen LogP contribution is 2.17. The molecule has 0 aliphatic heterocycles. The van der Waals surface area contributed by atoms with Gasteiger partial charge in [-0.1, -0.05) is 46.3 Å². The van der Waals surface area contributed by atoms with E-state index in [-0.39, 0.29) is 5.56 Å². The first-order valence-corrected chi connectivity index (χ1v) is 8.46. The molecule has 24 heavy (non-hydrogen) atoms. The molecule has 1 heterocycles. The van der Waals surface area contributed by atoms with E-state index >= 15 is 0 Å². The van der Waals surface area contributed by atoms with Gasteiger partial charge < -0.3 is 0 Å². The molecular weight excluding hydrogens is 368 g/mol. The standard InChI is InChI=1S/C18H17BrN4O/c1-3-23-17(24)14-9-5-7-11-16(14)20-18(23)22-21-12(2)13-8-4-6-10-15(13)19/h4-11H,3H2,1-2H3,(H,20,22)/b21-12-. The first-order chi connectivity index (χ1) is 11.6. The second-order valence-electron chi connectivity index (χ2n) is 5.29. The molecule has 0 spiro atoms. The van der Waals surface area contributed by atoms with Crippen molar-refractivity contribution in [3.05, 3.63) is 68.9 Å². The average Bonchev–Trinajstić information content (AvgIpc) is 2.60. The Morgan fingerprint density at radius 2 is 1.92 bits per heavy atom. The van der Waals surface area contributed by atoms with Gasteiger partial charge >= 0.3 is 0 Å². The third-order valence-electron chi connectivity index (χ3n) is 3.77. The molecule has 0 atom stereocenters. The van der Waals surface area contributed by atoms with Crippen LogP contribution in [0.3, 0.4) is 0 Å². The molecule has 3 aromatic rings. The van der Waals surface area contributed by atoms with E-state index in [2.05, 4.69) is 31.4 Å². The molecule has 0 radical (unpaired) electrons. The number of nitrogens with zero attached hydrogens (tertiary/aromatic N) is 3. The Kier molecular flexibility index (Phi) is 4.76. The highest BCUT2D eigenvalue weighted by atomic mass is 79.9. The molecule has 1 aromatic heterocycles. The van der Waals surface area contributed by atoms with E-state index in [1.165, 1.54) is 0 Å². The number of benzene rings is 2. The Morgan fingerprint density at radius 3 is 2.67 bits per heavy atom. The number of fused-ring (bicyclic) bond motifs is 1. The molecule has 122 valence electrons. The number of rotatable bonds is 4. The van der Waals surface area contributed by atoms with Crippen molar-refractivity contribution in [2.24, 2.45) is 5.10 Å². The van der Waals surface area contributed by atoms with Crippen LogP contribution in [-0.2, 0) is 6.54 Å². The van der Waals surface area contributed by atoms with Gasteiger partial charge in [0.05, 0.1) is 16.6 Å². The van der Waals surface area contributed by atoms with Crippen molar-refractivity contribution in [3.63, 3.8) is 0 Å². The summed E-state index contributed by atoms with van der Waals surface area (Å²) in [5, 5.41) is 5.00. The van der Waals surface area contributed by atoms with Crippen LogP contribution in [0, 0.1) is 0 Å². The summed E-state index contributed by atoms with van der Waals surface area (Å²) in [5.74, 6) is 0.438. The first-order valence-electron chi connectivity index (χ1n) is 7.66. The van der Waals surface area contributed by atoms with Gasteiger partial charge in [-0.05, 0) is 32.0 Å². The van der Waals surface area contributed by atoms with E-state index in [4.69, 9.17) is 0 Å². The highest BCUT2D eigenvalue weighted by molar-refractivity contribution is 9.10. The van der Waals surface area contributed by atoms with Crippen LogP contribution in [-0.4, -0.2) is 15.3 Å². The molecule has 0 saturated heterocycles. The third-order valence-corrected chi connectivity index (χ3v) is 4.46. The highest BCUT2D eigenvalue weighted by Gasteiger charge is 2.09. The number of hydrogen-bond acceptors (Lipinski definition) is 4. The fourth-order valence-corrected chi connectivity index (χ4v) is 3.07. The SMILES string of the molecule is CCn1c(N/N=C(/C)c2ccccc2Br)nc2ccccc2c1=O. The number of halogens is 1. The van der Waals surface area contributed by atoms with Crippen LogP contribution in [0.15, 0.2) is 62.9 Å². The zero-order chi connectivity index (χ0) is 17.1. The molecule has 6 heteroatoms. The van der Waals surface area contributed by atoms with E-state index in [0.29, 0.717) is 23.4 Å². The predicted octanol–water partition coefficient (Wildman–Crippen LogP) is 4.02. The molecule has 0 aliphatic carbocycles. The molecule has 0 aliphatic rings. The van der Waals surface area contributed by atoms with E-state index in [1.54, 1.807) is 10.6 Å². The molecule has 1 N–H and O–H groups in total. The monoisotopic (exact) mass is 384 g/mol. The van der Waals surface area contributed by atoms with Gasteiger partial charge in [-0.3, -0.25) is 9.36 Å². The van der Waals surface area contributed by atoms with Crippen LogP contribution in [0.1, 0.15) is 19.4 Å². The summed E-state index contributed by atoms with van der Waals surface area (Å²) < 4.78 is 2.55. The molecular formula is C18H17BrN4O. The van der Waals surface area contributed by atoms with E-state index in [0.717, 1.165) is 15.7 Å². The zero-order valence-electron chi connectivity index (χ0n) is 13.5. The van der Waals surface area contributed by atoms with Crippen molar-refractivity contribution in [2.45, 2.75) is 20.4 Å². The van der Waals surface area contributed by atoms with Crippen LogP contribution < -0.4 is 11.0 Å². The van der Waals surface area contributed by atoms with E-state index < -0.39 is 0 Å². The van der Waals surface area contributed by atoms with Gasteiger partial charge in [0.15, 0.2) is 0 Å². The Hall–Kier alpha value is -2.47. The number of nitrogens with one attached hydrogen (secondary N) is 1. The van der Waals surface area contributed by atoms with Crippen molar-refractivity contribution in [3.8, 4) is 0 Å². The smallest absolute Gasteiger partial charge is 0.262 e. The maximum Gasteiger partial charge on any atom is 0.262 e. The molecule has 0 fully saturated rings. The van der Waals surface area contributed by atoms with Crippen molar-refractivity contribution in [1.82, 2.24) is 9.55 Å². The number of hydrogen-bond donors (Lipinski definition) is 1. The molecule has 0 unspecified atom stereocenters. The van der Waals surface area contributed by atoms with Gasteiger partial charge in [0.25, 0.3) is 5.56 Å². The number of aromatic nitrogens is 2. The second kappa shape index (κ2) is 6.97. The van der Waals surface area contributed by atoms with Crippen molar-refractivity contribution in [1.29, 1.82) is 0 Å². The van der Waals surface area contributed by atoms with Crippen LogP contribution >= 0.6 is 15.9 Å². The minimum atomic E-state index is -0.0701. The number of hydrazone groups is 1. The molecule has 0 bridgehead atoms. The summed E-state index contributed by atoms with van der Waals surface area (Å²) in [6.07, 6.45) is 0. The Bertz CT molecular complexity index is 978. The fourth-order valence-electron chi connectivity index (χ4n) is 2.50. The molecule has 2 aromatic carbocycles. The quantitative estimate of drug-likeness (QED) is 0.545. The van der Waals surface area contributed by atoms with E-state index in [9.17, 15) is 4.79 Å². The lowest BCUT2D eigenvalue weighted by Crippen LogP contribution is -2.23. The van der Waals surface area contributed by atoms with Gasteiger partial charge in [-0.15, -0.1) is 0 Å². The van der Waals surface area contributed by atoms with Crippen molar-refractivity contribution >= 4 is 38.5 Å². The fraction of sp³-hybridized carbons (Fsp3) is 0.167. The van der Waals surface area contributed by atoms with Gasteiger partial charge in [0.1, 0.15) is 0 Å². The second-order valence-corrected chi connectivity index (χ2v) is 6.15. The predicted molar refractivity (Wildman–Crippen MR) is 102 cm³/mol. The largest absolute Gasteiger partial charge is 0.277 e. The Balaban J connectivity index is 2.02. The molecule has 0 saturated carbocycles. The Labute approximate surface area is 148 Å². The third kappa shape index (κ3) is 3.10. The van der Waals surface area contributed by atoms with Crippen LogP contribution in [0.25, 0.3) is 10.9 Å². The summed E-state index contributed by atoms with van der Waals surface area (Å²) in [6, 6.07) is 15.2. The number of para-hydroxylation sites is 1. The van der Waals surface area contributed by atoms with Crippen molar-refractivity contribution < 1.29 is 0 Å². The van der Waals surface area contributed by atoms with Gasteiger partial charge in [0.2, 0.25) is 5.95 Å². The molecule has 5 nitrogen and oxygen atoms in total. The lowest BCUT2D eigenvalue weighted by atomic mass is 10.1. The summed E-state index contributed by atoms with van der Waals surface area (Å²) in [4.78, 5) is 17.1. The summed E-state index contributed by atoms with van der Waals surface area (Å²) in [6.45, 7) is 4.33. The van der Waals surface area contributed by atoms with Crippen LogP contribution in [0.4, 0.5) is 5.95 Å². The average molecular weight is 385 g/mol. The van der Waals surface area contributed by atoms with Gasteiger partial charge in [-0.2, -0.15) is 5.10 Å². The maximum atomic E-state index is 12.6. The van der Waals surface area contributed by atoms with E-state index in [1.807, 2.05) is 56.3 Å². The van der Waals surface area contributed by atoms with Gasteiger partial charge in [-0.25, -0.2) is 10.4 Å². The first kappa shape index (κ1) is 16.4. The zero-order valence-corrected chi connectivity index (χ0v) is 15.0. The van der Waals surface area contributed by atoms with Crippen LogP contribution in [0.5, 0.6) is 0 Å². The summed E-state index contributed by atoms with van der Waals surface area (Å²) in [5.41, 5.74) is 5.31. The Morgan fingerprint density at radius 1 is 1.21 bits per heavy atom. The maximum absolute atomic E-state index is 12.6. The normalized spacial score (nSPS) is 11.7. The topological polar surface area (TPSA) is 59.3 Å². The van der Waals surface area contributed by atoms with Gasteiger partial charge in [0, 0.05) is 16.6 Å². The summed E-state index contributed by atoms with van der Waals surface area (Å²) >= 11 is 3.52. The summed E-state index contributed by atoms with van der Waals surface area (Å²) in [7, 11) is 0. The lowest BCUT2D eigenvalue weighted by Gasteiger charge is -2.11. The minimum absolute atomic E-state index is 0.0701. The van der Waals surface area contributed by atoms with Crippen LogP contribution in [0.2, 0.25) is 0 Å². The molecule has 3 rings (SSSR count). The van der Waals surface area contributed by atoms with Crippen molar-refractivity contribution in [2.75, 3.05) is 5.43 Å². The number of anilines is 1. The minimum Gasteiger partial charge on any atom is -0.277 e. The molecule has 0 amide bonds. The lowest BCUT2D eigenvalue weighted by molar-refractivity contribution is 0.724.